The van der Waals surface area contributed by atoms with Crippen molar-refractivity contribution in [3.05, 3.63) is 0 Å². The number of rotatable bonds is 6. The molecule has 4 nitrogen and oxygen atoms in total. The van der Waals surface area contributed by atoms with Gasteiger partial charge in [0.2, 0.25) is 0 Å². The SMILES string of the molecule is CC(C)OC(=O)CCN(C)C(C)CO. The molecule has 0 radical (unpaired) electrons. The molecule has 0 aliphatic rings. The summed E-state index contributed by atoms with van der Waals surface area (Å²) in [5.41, 5.74) is 0. The van der Waals surface area contributed by atoms with Gasteiger partial charge in [0.05, 0.1) is 19.1 Å². The molecule has 0 saturated carbocycles. The van der Waals surface area contributed by atoms with Crippen LogP contribution in [0.25, 0.3) is 0 Å². The molecular formula is C10H21NO3. The Balaban J connectivity index is 3.66. The highest BCUT2D eigenvalue weighted by atomic mass is 16.5. The lowest BCUT2D eigenvalue weighted by atomic mass is 10.3. The summed E-state index contributed by atoms with van der Waals surface area (Å²) in [6.07, 6.45) is 0.321. The van der Waals surface area contributed by atoms with E-state index >= 15 is 0 Å². The molecule has 84 valence electrons. The average Bonchev–Trinajstić information content (AvgIpc) is 2.11. The molecule has 14 heavy (non-hydrogen) atoms. The molecule has 0 aliphatic carbocycles. The van der Waals surface area contributed by atoms with Crippen LogP contribution in [0.2, 0.25) is 0 Å². The van der Waals surface area contributed by atoms with E-state index in [-0.39, 0.29) is 24.7 Å². The number of hydrogen-bond acceptors (Lipinski definition) is 4. The van der Waals surface area contributed by atoms with Crippen molar-refractivity contribution in [1.82, 2.24) is 4.90 Å². The van der Waals surface area contributed by atoms with Crippen LogP contribution in [-0.2, 0) is 9.53 Å². The zero-order valence-electron chi connectivity index (χ0n) is 9.49. The van der Waals surface area contributed by atoms with Crippen molar-refractivity contribution >= 4 is 5.97 Å². The lowest BCUT2D eigenvalue weighted by Gasteiger charge is -2.22. The maximum absolute atomic E-state index is 11.2. The Morgan fingerprint density at radius 1 is 1.43 bits per heavy atom. The van der Waals surface area contributed by atoms with Crippen LogP contribution in [0.15, 0.2) is 0 Å². The van der Waals surface area contributed by atoms with Crippen molar-refractivity contribution in [2.45, 2.75) is 39.3 Å². The molecular weight excluding hydrogens is 182 g/mol. The summed E-state index contributed by atoms with van der Waals surface area (Å²) in [5.74, 6) is -0.183. The molecule has 0 saturated heterocycles. The molecule has 0 aliphatic heterocycles. The lowest BCUT2D eigenvalue weighted by molar-refractivity contribution is -0.147. The van der Waals surface area contributed by atoms with Gasteiger partial charge in [-0.15, -0.1) is 0 Å². The summed E-state index contributed by atoms with van der Waals surface area (Å²) in [6.45, 7) is 6.30. The summed E-state index contributed by atoms with van der Waals surface area (Å²) < 4.78 is 4.99. The molecule has 0 rings (SSSR count). The number of nitrogens with zero attached hydrogens (tertiary/aromatic N) is 1. The van der Waals surface area contributed by atoms with Crippen molar-refractivity contribution in [2.75, 3.05) is 20.2 Å². The number of aliphatic hydroxyl groups is 1. The first-order chi connectivity index (χ1) is 6.47. The third-order valence-corrected chi connectivity index (χ3v) is 2.05. The molecule has 1 N–H and O–H groups in total. The van der Waals surface area contributed by atoms with Crippen molar-refractivity contribution in [1.29, 1.82) is 0 Å². The third kappa shape index (κ3) is 5.94. The number of carbonyl (C=O) groups excluding carboxylic acids is 1. The van der Waals surface area contributed by atoms with Crippen LogP contribution in [-0.4, -0.2) is 48.3 Å². The van der Waals surface area contributed by atoms with Gasteiger partial charge in [0.15, 0.2) is 0 Å². The van der Waals surface area contributed by atoms with Crippen molar-refractivity contribution in [2.24, 2.45) is 0 Å². The van der Waals surface area contributed by atoms with Gasteiger partial charge in [-0.2, -0.15) is 0 Å². The van der Waals surface area contributed by atoms with Gasteiger partial charge in [0, 0.05) is 12.6 Å². The fraction of sp³-hybridized carbons (Fsp3) is 0.900. The number of esters is 1. The van der Waals surface area contributed by atoms with Gasteiger partial charge in [-0.25, -0.2) is 0 Å². The smallest absolute Gasteiger partial charge is 0.307 e. The largest absolute Gasteiger partial charge is 0.463 e. The van der Waals surface area contributed by atoms with E-state index in [4.69, 9.17) is 9.84 Å². The van der Waals surface area contributed by atoms with Crippen molar-refractivity contribution in [3.63, 3.8) is 0 Å². The highest BCUT2D eigenvalue weighted by Crippen LogP contribution is 1.98. The van der Waals surface area contributed by atoms with Gasteiger partial charge in [-0.05, 0) is 27.8 Å². The van der Waals surface area contributed by atoms with Gasteiger partial charge < -0.3 is 14.7 Å². The molecule has 0 amide bonds. The van der Waals surface area contributed by atoms with E-state index in [0.29, 0.717) is 13.0 Å². The normalized spacial score (nSPS) is 13.4. The Hall–Kier alpha value is -0.610. The second-order valence-electron chi connectivity index (χ2n) is 3.80. The number of hydrogen-bond donors (Lipinski definition) is 1. The number of likely N-dealkylation sites (N-methyl/N-ethyl adjacent to an activating group) is 1. The van der Waals surface area contributed by atoms with E-state index in [9.17, 15) is 4.79 Å². The molecule has 1 atom stereocenters. The van der Waals surface area contributed by atoms with Crippen LogP contribution in [0.4, 0.5) is 0 Å². The van der Waals surface area contributed by atoms with Gasteiger partial charge >= 0.3 is 5.97 Å². The van der Waals surface area contributed by atoms with Crippen LogP contribution < -0.4 is 0 Å². The first-order valence-electron chi connectivity index (χ1n) is 4.98. The van der Waals surface area contributed by atoms with E-state index in [1.807, 2.05) is 32.7 Å². The zero-order valence-corrected chi connectivity index (χ0v) is 9.49. The molecule has 4 heteroatoms. The monoisotopic (exact) mass is 203 g/mol. The molecule has 0 heterocycles. The van der Waals surface area contributed by atoms with Crippen molar-refractivity contribution in [3.8, 4) is 0 Å². The van der Waals surface area contributed by atoms with Crippen LogP contribution >= 0.6 is 0 Å². The fourth-order valence-electron chi connectivity index (χ4n) is 0.949. The second-order valence-corrected chi connectivity index (χ2v) is 3.80. The van der Waals surface area contributed by atoms with Crippen LogP contribution in [0, 0.1) is 0 Å². The van der Waals surface area contributed by atoms with Crippen molar-refractivity contribution < 1.29 is 14.6 Å². The number of ether oxygens (including phenoxy) is 1. The molecule has 0 aromatic heterocycles. The van der Waals surface area contributed by atoms with Crippen LogP contribution in [0.5, 0.6) is 0 Å². The predicted octanol–water partition coefficient (Wildman–Crippen LogP) is 0.641. The zero-order chi connectivity index (χ0) is 11.1. The fourth-order valence-corrected chi connectivity index (χ4v) is 0.949. The maximum Gasteiger partial charge on any atom is 0.307 e. The Labute approximate surface area is 85.9 Å². The molecule has 0 aromatic carbocycles. The quantitative estimate of drug-likeness (QED) is 0.644. The summed E-state index contributed by atoms with van der Waals surface area (Å²) in [5, 5.41) is 8.86. The summed E-state index contributed by atoms with van der Waals surface area (Å²) in [7, 11) is 1.88. The molecule has 0 aromatic rings. The minimum atomic E-state index is -0.183. The van der Waals surface area contributed by atoms with E-state index in [1.165, 1.54) is 0 Å². The average molecular weight is 203 g/mol. The van der Waals surface area contributed by atoms with Crippen LogP contribution in [0.1, 0.15) is 27.2 Å². The second kappa shape index (κ2) is 6.79. The lowest BCUT2D eigenvalue weighted by Crippen LogP contribution is -2.34. The van der Waals surface area contributed by atoms with Gasteiger partial charge in [0.25, 0.3) is 0 Å². The van der Waals surface area contributed by atoms with Gasteiger partial charge in [-0.3, -0.25) is 4.79 Å². The third-order valence-electron chi connectivity index (χ3n) is 2.05. The molecule has 0 spiro atoms. The summed E-state index contributed by atoms with van der Waals surface area (Å²) in [6, 6.07) is 0.0850. The van der Waals surface area contributed by atoms with E-state index < -0.39 is 0 Å². The highest BCUT2D eigenvalue weighted by molar-refractivity contribution is 5.69. The molecule has 1 unspecified atom stereocenters. The standard InChI is InChI=1S/C10H21NO3/c1-8(2)14-10(13)5-6-11(4)9(3)7-12/h8-9,12H,5-7H2,1-4H3. The topological polar surface area (TPSA) is 49.8 Å². The first kappa shape index (κ1) is 13.4. The molecule has 0 bridgehead atoms. The first-order valence-corrected chi connectivity index (χ1v) is 4.98. The minimum Gasteiger partial charge on any atom is -0.463 e. The Morgan fingerprint density at radius 3 is 2.43 bits per heavy atom. The van der Waals surface area contributed by atoms with E-state index in [2.05, 4.69) is 0 Å². The van der Waals surface area contributed by atoms with E-state index in [0.717, 1.165) is 0 Å². The highest BCUT2D eigenvalue weighted by Gasteiger charge is 2.11. The summed E-state index contributed by atoms with van der Waals surface area (Å²) in [4.78, 5) is 13.1. The minimum absolute atomic E-state index is 0.0527. The maximum atomic E-state index is 11.2. The number of carbonyl (C=O) groups is 1. The Kier molecular flexibility index (Phi) is 6.49. The summed E-state index contributed by atoms with van der Waals surface area (Å²) >= 11 is 0. The Bertz CT molecular complexity index is 171. The number of aliphatic hydroxyl groups excluding tert-OH is 1. The molecule has 0 fully saturated rings. The Morgan fingerprint density at radius 2 is 2.00 bits per heavy atom. The van der Waals surface area contributed by atoms with Crippen LogP contribution in [0.3, 0.4) is 0 Å². The van der Waals surface area contributed by atoms with E-state index in [1.54, 1.807) is 0 Å². The van der Waals surface area contributed by atoms with Gasteiger partial charge in [-0.1, -0.05) is 0 Å². The predicted molar refractivity (Wildman–Crippen MR) is 55.0 cm³/mol. The van der Waals surface area contributed by atoms with Gasteiger partial charge in [0.1, 0.15) is 0 Å².